The van der Waals surface area contributed by atoms with Crippen molar-refractivity contribution in [3.63, 3.8) is 0 Å². The molecule has 0 saturated carbocycles. The van der Waals surface area contributed by atoms with E-state index in [-0.39, 0.29) is 17.3 Å². The third kappa shape index (κ3) is 4.05. The minimum atomic E-state index is -1.61. The van der Waals surface area contributed by atoms with Gasteiger partial charge in [-0.15, -0.1) is 0 Å². The fourth-order valence-corrected chi connectivity index (χ4v) is 2.35. The van der Waals surface area contributed by atoms with Crippen molar-refractivity contribution in [1.29, 1.82) is 0 Å². The molecule has 0 spiro atoms. The zero-order valence-corrected chi connectivity index (χ0v) is 14.5. The molecule has 3 rings (SSSR count). The number of carbonyl (C=O) groups excluding carboxylic acids is 1. The summed E-state index contributed by atoms with van der Waals surface area (Å²) in [6.07, 6.45) is 1.30. The van der Waals surface area contributed by atoms with Gasteiger partial charge in [-0.05, 0) is 49.2 Å². The molecular weight excluding hydrogens is 357 g/mol. The van der Waals surface area contributed by atoms with Crippen molar-refractivity contribution in [1.82, 2.24) is 9.97 Å². The van der Waals surface area contributed by atoms with Crippen LogP contribution in [0.5, 0.6) is 0 Å². The van der Waals surface area contributed by atoms with Gasteiger partial charge in [-0.3, -0.25) is 4.79 Å². The minimum Gasteiger partial charge on any atom is -0.322 e. The lowest BCUT2D eigenvalue weighted by Crippen LogP contribution is -2.15. The Balaban J connectivity index is 1.82. The van der Waals surface area contributed by atoms with Crippen molar-refractivity contribution >= 4 is 23.2 Å². The third-order valence-corrected chi connectivity index (χ3v) is 3.81. The summed E-state index contributed by atoms with van der Waals surface area (Å²) in [5.74, 6) is -4.93. The lowest BCUT2D eigenvalue weighted by Gasteiger charge is -2.10. The van der Waals surface area contributed by atoms with Crippen molar-refractivity contribution < 1.29 is 18.0 Å². The highest BCUT2D eigenvalue weighted by molar-refractivity contribution is 6.03. The smallest absolute Gasteiger partial charge is 0.274 e. The van der Waals surface area contributed by atoms with Crippen LogP contribution in [-0.4, -0.2) is 15.9 Å². The fourth-order valence-electron chi connectivity index (χ4n) is 2.35. The van der Waals surface area contributed by atoms with Gasteiger partial charge < -0.3 is 10.6 Å². The molecule has 0 aliphatic rings. The van der Waals surface area contributed by atoms with Crippen LogP contribution in [0.1, 0.15) is 21.6 Å². The van der Waals surface area contributed by atoms with E-state index in [1.807, 2.05) is 32.0 Å². The highest BCUT2D eigenvalue weighted by atomic mass is 19.2. The van der Waals surface area contributed by atoms with E-state index in [0.29, 0.717) is 5.69 Å². The van der Waals surface area contributed by atoms with Crippen molar-refractivity contribution in [2.75, 3.05) is 10.6 Å². The number of carbonyl (C=O) groups is 1. The molecule has 0 radical (unpaired) electrons. The number of amides is 1. The molecule has 27 heavy (non-hydrogen) atoms. The Hall–Kier alpha value is -3.42. The number of nitrogens with zero attached hydrogens (tertiary/aromatic N) is 2. The number of hydrogen-bond donors (Lipinski definition) is 2. The quantitative estimate of drug-likeness (QED) is 0.662. The molecule has 3 aromatic rings. The molecule has 0 bridgehead atoms. The van der Waals surface area contributed by atoms with E-state index in [0.717, 1.165) is 23.3 Å². The lowest BCUT2D eigenvalue weighted by atomic mass is 10.1. The molecule has 138 valence electrons. The first-order chi connectivity index (χ1) is 12.8. The molecule has 0 aliphatic heterocycles. The summed E-state index contributed by atoms with van der Waals surface area (Å²) in [5.41, 5.74) is 2.18. The maximum absolute atomic E-state index is 13.8. The highest BCUT2D eigenvalue weighted by Gasteiger charge is 2.15. The molecule has 8 heteroatoms. The number of aryl methyl sites for hydroxylation is 2. The Morgan fingerprint density at radius 2 is 1.74 bits per heavy atom. The van der Waals surface area contributed by atoms with Crippen LogP contribution in [0.15, 0.2) is 42.6 Å². The van der Waals surface area contributed by atoms with Crippen LogP contribution in [0, 0.1) is 31.3 Å². The van der Waals surface area contributed by atoms with E-state index < -0.39 is 23.4 Å². The molecule has 1 aromatic heterocycles. The average Bonchev–Trinajstić information content (AvgIpc) is 2.65. The van der Waals surface area contributed by atoms with E-state index in [1.54, 1.807) is 0 Å². The van der Waals surface area contributed by atoms with Crippen molar-refractivity contribution in [3.8, 4) is 0 Å². The van der Waals surface area contributed by atoms with Crippen LogP contribution in [0.3, 0.4) is 0 Å². The molecule has 0 unspecified atom stereocenters. The number of halogens is 3. The third-order valence-electron chi connectivity index (χ3n) is 3.81. The first kappa shape index (κ1) is 18.4. The second-order valence-electron chi connectivity index (χ2n) is 5.89. The maximum Gasteiger partial charge on any atom is 0.274 e. The van der Waals surface area contributed by atoms with E-state index in [9.17, 15) is 18.0 Å². The summed E-state index contributed by atoms with van der Waals surface area (Å²) in [4.78, 5) is 20.3. The number of nitrogens with one attached hydrogen (secondary N) is 2. The predicted molar refractivity (Wildman–Crippen MR) is 95.5 cm³/mol. The van der Waals surface area contributed by atoms with Crippen LogP contribution in [0.4, 0.5) is 30.5 Å². The van der Waals surface area contributed by atoms with Crippen LogP contribution in [0.25, 0.3) is 0 Å². The van der Waals surface area contributed by atoms with Gasteiger partial charge in [-0.2, -0.15) is 0 Å². The van der Waals surface area contributed by atoms with Gasteiger partial charge in [0.1, 0.15) is 5.69 Å². The first-order valence-electron chi connectivity index (χ1n) is 7.97. The van der Waals surface area contributed by atoms with Crippen molar-refractivity contribution in [3.05, 3.63) is 76.9 Å². The Bertz CT molecular complexity index is 1020. The van der Waals surface area contributed by atoms with Gasteiger partial charge in [0, 0.05) is 11.9 Å². The minimum absolute atomic E-state index is 0.0244. The summed E-state index contributed by atoms with van der Waals surface area (Å²) in [6, 6.07) is 8.80. The zero-order chi connectivity index (χ0) is 19.6. The molecule has 1 amide bonds. The molecule has 2 N–H and O–H groups in total. The largest absolute Gasteiger partial charge is 0.322 e. The summed E-state index contributed by atoms with van der Waals surface area (Å²) in [5, 5.41) is 5.18. The zero-order valence-electron chi connectivity index (χ0n) is 14.5. The van der Waals surface area contributed by atoms with E-state index in [1.165, 1.54) is 12.3 Å². The Morgan fingerprint density at radius 1 is 0.963 bits per heavy atom. The highest BCUT2D eigenvalue weighted by Crippen LogP contribution is 2.22. The Morgan fingerprint density at radius 3 is 2.52 bits per heavy atom. The van der Waals surface area contributed by atoms with Gasteiger partial charge in [-0.1, -0.05) is 12.1 Å². The lowest BCUT2D eigenvalue weighted by molar-refractivity contribution is 0.102. The molecule has 2 aromatic carbocycles. The van der Waals surface area contributed by atoms with Gasteiger partial charge in [0.2, 0.25) is 5.95 Å². The van der Waals surface area contributed by atoms with Crippen molar-refractivity contribution in [2.45, 2.75) is 13.8 Å². The fraction of sp³-hybridized carbons (Fsp3) is 0.105. The molecule has 0 atom stereocenters. The van der Waals surface area contributed by atoms with Gasteiger partial charge in [0.15, 0.2) is 17.5 Å². The van der Waals surface area contributed by atoms with Crippen LogP contribution >= 0.6 is 0 Å². The van der Waals surface area contributed by atoms with E-state index in [2.05, 4.69) is 20.6 Å². The van der Waals surface area contributed by atoms with E-state index in [4.69, 9.17) is 0 Å². The predicted octanol–water partition coefficient (Wildman–Crippen LogP) is 4.51. The van der Waals surface area contributed by atoms with Crippen molar-refractivity contribution in [2.24, 2.45) is 0 Å². The SMILES string of the molecule is Cc1ccc(C)c(NC(=O)c2ccnc(Nc3ccc(F)c(F)c3F)n2)c1. The molecule has 0 aliphatic carbocycles. The summed E-state index contributed by atoms with van der Waals surface area (Å²) < 4.78 is 40.1. The van der Waals surface area contributed by atoms with Gasteiger partial charge in [0.25, 0.3) is 5.91 Å². The topological polar surface area (TPSA) is 66.9 Å². The second-order valence-corrected chi connectivity index (χ2v) is 5.89. The summed E-state index contributed by atoms with van der Waals surface area (Å²) in [7, 11) is 0. The molecule has 0 fully saturated rings. The first-order valence-corrected chi connectivity index (χ1v) is 7.97. The van der Waals surface area contributed by atoms with Gasteiger partial charge >= 0.3 is 0 Å². The van der Waals surface area contributed by atoms with E-state index >= 15 is 0 Å². The van der Waals surface area contributed by atoms with Gasteiger partial charge in [-0.25, -0.2) is 23.1 Å². The standard InChI is InChI=1S/C19H15F3N4O/c1-10-3-4-11(2)15(9-10)24-18(27)14-7-8-23-19(26-14)25-13-6-5-12(20)16(21)17(13)22/h3-9H,1-2H3,(H,24,27)(H,23,25,26). The molecular formula is C19H15F3N4O. The molecule has 0 saturated heterocycles. The Kier molecular flexibility index (Phi) is 5.07. The number of hydrogen-bond acceptors (Lipinski definition) is 4. The second kappa shape index (κ2) is 7.45. The maximum atomic E-state index is 13.8. The molecule has 5 nitrogen and oxygen atoms in total. The number of benzene rings is 2. The van der Waals surface area contributed by atoms with Crippen LogP contribution < -0.4 is 10.6 Å². The number of rotatable bonds is 4. The molecule has 1 heterocycles. The average molecular weight is 372 g/mol. The van der Waals surface area contributed by atoms with Crippen LogP contribution in [0.2, 0.25) is 0 Å². The van der Waals surface area contributed by atoms with Gasteiger partial charge in [0.05, 0.1) is 5.69 Å². The number of anilines is 3. The Labute approximate surface area is 153 Å². The summed E-state index contributed by atoms with van der Waals surface area (Å²) in [6.45, 7) is 3.76. The summed E-state index contributed by atoms with van der Waals surface area (Å²) >= 11 is 0. The number of aromatic nitrogens is 2. The monoisotopic (exact) mass is 372 g/mol. The normalized spacial score (nSPS) is 10.6. The van der Waals surface area contributed by atoms with Crippen LogP contribution in [-0.2, 0) is 0 Å².